The summed E-state index contributed by atoms with van der Waals surface area (Å²) in [6.07, 6.45) is 4.72. The standard InChI is InChI=1S/C18H20N2O4S/c1-24-14-7-5-6-13(10-14)11-15-17(22)20(18(23)25-15)12-16(21)19-8-3-2-4-9-19/h5-7,10-11H,2-4,8-9,12H2,1H3/b15-11+. The van der Waals surface area contributed by atoms with Crippen molar-refractivity contribution in [1.82, 2.24) is 9.80 Å². The molecule has 2 aliphatic heterocycles. The van der Waals surface area contributed by atoms with Crippen molar-refractivity contribution in [2.24, 2.45) is 0 Å². The third-order valence-corrected chi connectivity index (χ3v) is 5.17. The molecule has 2 saturated heterocycles. The molecule has 0 atom stereocenters. The first-order chi connectivity index (χ1) is 12.1. The second kappa shape index (κ2) is 7.74. The Bertz CT molecular complexity index is 726. The summed E-state index contributed by atoms with van der Waals surface area (Å²) < 4.78 is 5.16. The quantitative estimate of drug-likeness (QED) is 0.773. The number of amides is 3. The Hall–Kier alpha value is -2.28. The number of thioether (sulfide) groups is 1. The Labute approximate surface area is 150 Å². The summed E-state index contributed by atoms with van der Waals surface area (Å²) in [5.74, 6) is 0.0982. The molecule has 1 aromatic rings. The molecular formula is C18H20N2O4S. The van der Waals surface area contributed by atoms with Crippen LogP contribution in [0.5, 0.6) is 5.75 Å². The maximum Gasteiger partial charge on any atom is 0.294 e. The molecule has 2 aliphatic rings. The number of carbonyl (C=O) groups excluding carboxylic acids is 3. The van der Waals surface area contributed by atoms with Crippen LogP contribution in [0.1, 0.15) is 24.8 Å². The number of hydrogen-bond acceptors (Lipinski definition) is 5. The minimum Gasteiger partial charge on any atom is -0.497 e. The van der Waals surface area contributed by atoms with Crippen molar-refractivity contribution in [3.05, 3.63) is 34.7 Å². The fraction of sp³-hybridized carbons (Fsp3) is 0.389. The van der Waals surface area contributed by atoms with E-state index >= 15 is 0 Å². The zero-order chi connectivity index (χ0) is 17.8. The van der Waals surface area contributed by atoms with Crippen LogP contribution in [0.3, 0.4) is 0 Å². The van der Waals surface area contributed by atoms with Crippen LogP contribution in [0, 0.1) is 0 Å². The van der Waals surface area contributed by atoms with Crippen LogP contribution in [-0.4, -0.2) is 53.6 Å². The van der Waals surface area contributed by atoms with E-state index in [0.717, 1.165) is 41.5 Å². The van der Waals surface area contributed by atoms with Crippen molar-refractivity contribution < 1.29 is 19.1 Å². The molecule has 6 nitrogen and oxygen atoms in total. The molecular weight excluding hydrogens is 340 g/mol. The van der Waals surface area contributed by atoms with Crippen molar-refractivity contribution >= 4 is 34.9 Å². The number of benzene rings is 1. The molecule has 0 saturated carbocycles. The Morgan fingerprint density at radius 2 is 2.00 bits per heavy atom. The fourth-order valence-electron chi connectivity index (χ4n) is 2.90. The minimum absolute atomic E-state index is 0.162. The topological polar surface area (TPSA) is 66.9 Å². The lowest BCUT2D eigenvalue weighted by molar-refractivity contribution is -0.136. The van der Waals surface area contributed by atoms with Gasteiger partial charge >= 0.3 is 0 Å². The van der Waals surface area contributed by atoms with Crippen LogP contribution < -0.4 is 4.74 Å². The minimum atomic E-state index is -0.414. The van der Waals surface area contributed by atoms with Gasteiger partial charge in [0.1, 0.15) is 12.3 Å². The van der Waals surface area contributed by atoms with Gasteiger partial charge in [-0.1, -0.05) is 12.1 Å². The van der Waals surface area contributed by atoms with Gasteiger partial charge < -0.3 is 9.64 Å². The molecule has 25 heavy (non-hydrogen) atoms. The van der Waals surface area contributed by atoms with E-state index in [2.05, 4.69) is 0 Å². The Morgan fingerprint density at radius 1 is 1.24 bits per heavy atom. The predicted molar refractivity (Wildman–Crippen MR) is 96.1 cm³/mol. The molecule has 132 valence electrons. The summed E-state index contributed by atoms with van der Waals surface area (Å²) in [4.78, 5) is 40.1. The van der Waals surface area contributed by atoms with Crippen LogP contribution in [0.2, 0.25) is 0 Å². The third-order valence-electron chi connectivity index (χ3n) is 4.27. The van der Waals surface area contributed by atoms with Gasteiger partial charge in [0, 0.05) is 13.1 Å². The number of hydrogen-bond donors (Lipinski definition) is 0. The number of ether oxygens (including phenoxy) is 1. The summed E-state index contributed by atoms with van der Waals surface area (Å²) in [7, 11) is 1.57. The summed E-state index contributed by atoms with van der Waals surface area (Å²) in [6, 6.07) is 7.23. The van der Waals surface area contributed by atoms with Gasteiger partial charge in [0.2, 0.25) is 5.91 Å². The Kier molecular flexibility index (Phi) is 5.43. The Morgan fingerprint density at radius 3 is 2.72 bits per heavy atom. The number of likely N-dealkylation sites (tertiary alicyclic amines) is 1. The highest BCUT2D eigenvalue weighted by Gasteiger charge is 2.37. The van der Waals surface area contributed by atoms with Gasteiger partial charge in [-0.25, -0.2) is 0 Å². The number of nitrogens with zero attached hydrogens (tertiary/aromatic N) is 2. The average Bonchev–Trinajstić information content (AvgIpc) is 2.90. The second-order valence-electron chi connectivity index (χ2n) is 5.99. The first-order valence-corrected chi connectivity index (χ1v) is 9.07. The zero-order valence-electron chi connectivity index (χ0n) is 14.1. The van der Waals surface area contributed by atoms with Crippen LogP contribution >= 0.6 is 11.8 Å². The smallest absolute Gasteiger partial charge is 0.294 e. The summed E-state index contributed by atoms with van der Waals surface area (Å²) >= 11 is 0.866. The van der Waals surface area contributed by atoms with Crippen LogP contribution in [-0.2, 0) is 9.59 Å². The van der Waals surface area contributed by atoms with E-state index in [1.807, 2.05) is 12.1 Å². The van der Waals surface area contributed by atoms with E-state index in [1.54, 1.807) is 30.2 Å². The van der Waals surface area contributed by atoms with Gasteiger partial charge in [-0.05, 0) is 54.8 Å². The maximum absolute atomic E-state index is 12.5. The van der Waals surface area contributed by atoms with E-state index in [4.69, 9.17) is 4.74 Å². The molecule has 0 N–H and O–H groups in total. The molecule has 0 radical (unpaired) electrons. The number of imide groups is 1. The first kappa shape index (κ1) is 17.5. The molecule has 0 bridgehead atoms. The highest BCUT2D eigenvalue weighted by molar-refractivity contribution is 8.18. The number of rotatable bonds is 4. The van der Waals surface area contributed by atoms with Crippen LogP contribution in [0.4, 0.5) is 4.79 Å². The van der Waals surface area contributed by atoms with Crippen molar-refractivity contribution in [3.63, 3.8) is 0 Å². The van der Waals surface area contributed by atoms with E-state index < -0.39 is 11.1 Å². The fourth-order valence-corrected chi connectivity index (χ4v) is 3.74. The molecule has 0 aromatic heterocycles. The van der Waals surface area contributed by atoms with E-state index in [9.17, 15) is 14.4 Å². The van der Waals surface area contributed by atoms with Crippen molar-refractivity contribution in [1.29, 1.82) is 0 Å². The highest BCUT2D eigenvalue weighted by Crippen LogP contribution is 2.32. The number of methoxy groups -OCH3 is 1. The SMILES string of the molecule is COc1cccc(/C=C2/SC(=O)N(CC(=O)N3CCCCC3)C2=O)c1. The van der Waals surface area contributed by atoms with E-state index in [0.29, 0.717) is 23.7 Å². The average molecular weight is 360 g/mol. The largest absolute Gasteiger partial charge is 0.497 e. The third kappa shape index (κ3) is 4.04. The van der Waals surface area contributed by atoms with Gasteiger partial charge in [0.05, 0.1) is 12.0 Å². The maximum atomic E-state index is 12.5. The molecule has 3 rings (SSSR count). The summed E-state index contributed by atoms with van der Waals surface area (Å²) in [5, 5.41) is -0.399. The van der Waals surface area contributed by atoms with Crippen molar-refractivity contribution in [2.75, 3.05) is 26.7 Å². The molecule has 2 heterocycles. The molecule has 0 spiro atoms. The molecule has 3 amide bonds. The van der Waals surface area contributed by atoms with Gasteiger partial charge in [-0.3, -0.25) is 19.3 Å². The van der Waals surface area contributed by atoms with Crippen LogP contribution in [0.25, 0.3) is 6.08 Å². The lowest BCUT2D eigenvalue weighted by atomic mass is 10.1. The van der Waals surface area contributed by atoms with Crippen LogP contribution in [0.15, 0.2) is 29.2 Å². The molecule has 1 aromatic carbocycles. The Balaban J connectivity index is 1.71. The summed E-state index contributed by atoms with van der Waals surface area (Å²) in [5.41, 5.74) is 0.771. The van der Waals surface area contributed by atoms with Gasteiger partial charge in [-0.15, -0.1) is 0 Å². The lowest BCUT2D eigenvalue weighted by Gasteiger charge is -2.27. The highest BCUT2D eigenvalue weighted by atomic mass is 32.2. The number of piperidine rings is 1. The second-order valence-corrected chi connectivity index (χ2v) is 6.98. The van der Waals surface area contributed by atoms with Gasteiger partial charge in [0.15, 0.2) is 0 Å². The predicted octanol–water partition coefficient (Wildman–Crippen LogP) is 2.74. The van der Waals surface area contributed by atoms with Gasteiger partial charge in [-0.2, -0.15) is 0 Å². The molecule has 2 fully saturated rings. The molecule has 7 heteroatoms. The van der Waals surface area contributed by atoms with Crippen molar-refractivity contribution in [2.45, 2.75) is 19.3 Å². The van der Waals surface area contributed by atoms with E-state index in [-0.39, 0.29) is 12.5 Å². The monoisotopic (exact) mass is 360 g/mol. The van der Waals surface area contributed by atoms with E-state index in [1.165, 1.54) is 0 Å². The normalized spacial score (nSPS) is 19.6. The lowest BCUT2D eigenvalue weighted by Crippen LogP contribution is -2.44. The number of carbonyl (C=O) groups is 3. The van der Waals surface area contributed by atoms with Crippen molar-refractivity contribution in [3.8, 4) is 5.75 Å². The first-order valence-electron chi connectivity index (χ1n) is 8.25. The van der Waals surface area contributed by atoms with Gasteiger partial charge in [0.25, 0.3) is 11.1 Å². The molecule has 0 unspecified atom stereocenters. The summed E-state index contributed by atoms with van der Waals surface area (Å²) in [6.45, 7) is 1.23. The molecule has 0 aliphatic carbocycles. The zero-order valence-corrected chi connectivity index (χ0v) is 14.9.